The third-order valence-corrected chi connectivity index (χ3v) is 15.0. The van der Waals surface area contributed by atoms with Gasteiger partial charge in [0.05, 0.1) is 11.7 Å². The third-order valence-electron chi connectivity index (χ3n) is 15.0. The maximum Gasteiger partial charge on any atom is 0.143 e. The highest BCUT2D eigenvalue weighted by molar-refractivity contribution is 6.09. The Labute approximate surface area is 404 Å². The van der Waals surface area contributed by atoms with Crippen molar-refractivity contribution in [1.82, 2.24) is 5.32 Å². The van der Waals surface area contributed by atoms with Crippen LogP contribution in [0, 0.1) is 0 Å². The van der Waals surface area contributed by atoms with Gasteiger partial charge in [-0.3, -0.25) is 0 Å². The second kappa shape index (κ2) is 16.2. The van der Waals surface area contributed by atoms with E-state index in [1.54, 1.807) is 0 Å². The van der Waals surface area contributed by atoms with Gasteiger partial charge in [-0.25, -0.2) is 0 Å². The molecule has 4 nitrogen and oxygen atoms in total. The molecule has 9 aromatic rings. The zero-order valence-corrected chi connectivity index (χ0v) is 39.0. The van der Waals surface area contributed by atoms with Crippen molar-refractivity contribution in [2.24, 2.45) is 0 Å². The van der Waals surface area contributed by atoms with Crippen LogP contribution in [0.25, 0.3) is 55.5 Å². The highest BCUT2D eigenvalue weighted by atomic mass is 16.3. The van der Waals surface area contributed by atoms with Crippen molar-refractivity contribution in [3.63, 3.8) is 0 Å². The molecule has 2 bridgehead atoms. The zero-order valence-electron chi connectivity index (χ0n) is 39.0. The lowest BCUT2D eigenvalue weighted by Crippen LogP contribution is -2.27. The molecule has 0 spiro atoms. The summed E-state index contributed by atoms with van der Waals surface area (Å²) in [5.41, 5.74) is 23.6. The first-order valence-electron chi connectivity index (χ1n) is 24.3. The number of furan rings is 1. The molecule has 8 aromatic carbocycles. The van der Waals surface area contributed by atoms with E-state index in [0.717, 1.165) is 73.6 Å². The van der Waals surface area contributed by atoms with E-state index >= 15 is 0 Å². The van der Waals surface area contributed by atoms with Crippen LogP contribution < -0.4 is 15.5 Å². The summed E-state index contributed by atoms with van der Waals surface area (Å²) in [4.78, 5) is 2.45. The van der Waals surface area contributed by atoms with E-state index in [0.29, 0.717) is 0 Å². The Balaban J connectivity index is 0.919. The van der Waals surface area contributed by atoms with Gasteiger partial charge < -0.3 is 20.0 Å². The fourth-order valence-corrected chi connectivity index (χ4v) is 11.7. The second-order valence-corrected chi connectivity index (χ2v) is 19.3. The van der Waals surface area contributed by atoms with Crippen molar-refractivity contribution in [2.75, 3.05) is 10.2 Å². The number of dihydropyridines is 1. The molecular weight excluding hydrogens is 839 g/mol. The van der Waals surface area contributed by atoms with Gasteiger partial charge in [0, 0.05) is 67.3 Å². The number of nitrogens with one attached hydrogen (secondary N) is 2. The summed E-state index contributed by atoms with van der Waals surface area (Å²) in [7, 11) is 0. The van der Waals surface area contributed by atoms with E-state index < -0.39 is 0 Å². The van der Waals surface area contributed by atoms with Crippen LogP contribution in [-0.4, -0.2) is 6.04 Å². The van der Waals surface area contributed by atoms with Gasteiger partial charge in [-0.15, -0.1) is 0 Å². The quantitative estimate of drug-likeness (QED) is 0.159. The maximum atomic E-state index is 6.50. The summed E-state index contributed by atoms with van der Waals surface area (Å²) in [5, 5.41) is 10.1. The average Bonchev–Trinajstić information content (AvgIpc) is 3.87. The highest BCUT2D eigenvalue weighted by Crippen LogP contribution is 2.54. The van der Waals surface area contributed by atoms with Crippen molar-refractivity contribution in [2.45, 2.75) is 44.6 Å². The van der Waals surface area contributed by atoms with Crippen molar-refractivity contribution in [1.29, 1.82) is 0 Å². The predicted molar refractivity (Wildman–Crippen MR) is 288 cm³/mol. The summed E-state index contributed by atoms with van der Waals surface area (Å²) < 4.78 is 6.50. The lowest BCUT2D eigenvalue weighted by Gasteiger charge is -2.31. The highest BCUT2D eigenvalue weighted by Gasteiger charge is 2.38. The van der Waals surface area contributed by atoms with Crippen LogP contribution in [0.15, 0.2) is 240 Å². The van der Waals surface area contributed by atoms with Crippen molar-refractivity contribution < 1.29 is 4.42 Å². The van der Waals surface area contributed by atoms with Gasteiger partial charge in [-0.1, -0.05) is 172 Å². The first kappa shape index (κ1) is 40.9. The molecule has 2 aliphatic carbocycles. The third kappa shape index (κ3) is 6.73. The minimum absolute atomic E-state index is 0.0831. The van der Waals surface area contributed by atoms with Crippen LogP contribution in [0.4, 0.5) is 22.7 Å². The van der Waals surface area contributed by atoms with Crippen LogP contribution in [-0.2, 0) is 5.41 Å². The Kier molecular flexibility index (Phi) is 9.59. The molecule has 0 amide bonds. The van der Waals surface area contributed by atoms with Gasteiger partial charge in [0.25, 0.3) is 0 Å². The number of rotatable bonds is 8. The molecule has 2 aliphatic heterocycles. The van der Waals surface area contributed by atoms with E-state index in [4.69, 9.17) is 4.42 Å². The summed E-state index contributed by atoms with van der Waals surface area (Å²) in [6.45, 7) is 7.08. The number of fused-ring (bicyclic) bond motifs is 10. The number of hydrogen-bond acceptors (Lipinski definition) is 4. The van der Waals surface area contributed by atoms with Gasteiger partial charge in [0.2, 0.25) is 0 Å². The van der Waals surface area contributed by atoms with Crippen LogP contribution in [0.2, 0.25) is 0 Å². The van der Waals surface area contributed by atoms with E-state index in [9.17, 15) is 0 Å². The molecule has 0 saturated carbocycles. The summed E-state index contributed by atoms with van der Waals surface area (Å²) in [6.07, 6.45) is 12.3. The molecule has 2 N–H and O–H groups in total. The average molecular weight is 890 g/mol. The lowest BCUT2D eigenvalue weighted by molar-refractivity contribution is 0.660. The number of para-hydroxylation sites is 3. The topological polar surface area (TPSA) is 40.4 Å². The molecule has 0 saturated heterocycles. The molecule has 0 fully saturated rings. The maximum absolute atomic E-state index is 6.50. The Hall–Kier alpha value is -8.34. The molecule has 2 atom stereocenters. The van der Waals surface area contributed by atoms with Crippen LogP contribution in [0.1, 0.15) is 60.9 Å². The molecule has 0 radical (unpaired) electrons. The Morgan fingerprint density at radius 1 is 0.623 bits per heavy atom. The van der Waals surface area contributed by atoms with Crippen LogP contribution in [0.5, 0.6) is 0 Å². The monoisotopic (exact) mass is 889 g/mol. The summed E-state index contributed by atoms with van der Waals surface area (Å²) in [5.74, 6) is 0.166. The van der Waals surface area contributed by atoms with Gasteiger partial charge in [-0.2, -0.15) is 0 Å². The van der Waals surface area contributed by atoms with E-state index in [1.165, 1.54) is 55.7 Å². The SMILES string of the molecule is CC1C(C2=CC(c3ccc(N(c4ccc(-c5cccc6c5oc5ccccc56)cc4)c4cccc5c4-c4ccccc4C5(C)C)cc3)=CCC2Nc2ccccc2)=C2C=CC=C(N2)c2ccccc21. The molecular formula is C65H51N3O. The number of allylic oxidation sites excluding steroid dienone is 5. The Bertz CT molecular complexity index is 3670. The minimum atomic E-state index is -0.134. The molecule has 69 heavy (non-hydrogen) atoms. The van der Waals surface area contributed by atoms with Gasteiger partial charge >= 0.3 is 0 Å². The molecule has 13 rings (SSSR count). The van der Waals surface area contributed by atoms with Gasteiger partial charge in [0.15, 0.2) is 0 Å². The molecule has 3 heterocycles. The van der Waals surface area contributed by atoms with E-state index in [2.05, 4.69) is 249 Å². The van der Waals surface area contributed by atoms with Gasteiger partial charge in [-0.05, 0) is 123 Å². The van der Waals surface area contributed by atoms with Crippen LogP contribution >= 0.6 is 0 Å². The number of anilines is 4. The Morgan fingerprint density at radius 2 is 1.29 bits per heavy atom. The summed E-state index contributed by atoms with van der Waals surface area (Å²) in [6, 6.07) is 68.4. The standard InChI is InChI=1S/C65H51N3O/c1-41-48-18-7-8-19-50(48)57-26-15-27-59(67-57)62(41)54-40-44(34-39-58(54)66-45-16-5-4-6-17-45)42-30-35-46(36-31-42)68(60-28-14-25-56-63(60)53-21-9-11-24-55(53)65(56,2)3)47-37-32-43(33-38-47)49-22-13-23-52-51-20-10-12-29-61(51)69-64(49)52/h4-38,40-41,58,66-67H,39H2,1-3H3. The number of hydrogen-bond donors (Lipinski definition) is 2. The first-order valence-corrected chi connectivity index (χ1v) is 24.3. The van der Waals surface area contributed by atoms with E-state index in [-0.39, 0.29) is 17.4 Å². The first-order chi connectivity index (χ1) is 33.9. The lowest BCUT2D eigenvalue weighted by atomic mass is 9.78. The normalized spacial score (nSPS) is 17.5. The molecule has 4 aliphatic rings. The fraction of sp³-hybridized carbons (Fsp3) is 0.108. The molecule has 4 heteroatoms. The number of nitrogens with zero attached hydrogens (tertiary/aromatic N) is 1. The zero-order chi connectivity index (χ0) is 46.2. The van der Waals surface area contributed by atoms with Gasteiger partial charge in [0.1, 0.15) is 11.2 Å². The Morgan fingerprint density at radius 3 is 2.12 bits per heavy atom. The van der Waals surface area contributed by atoms with Crippen LogP contribution in [0.3, 0.4) is 0 Å². The second-order valence-electron chi connectivity index (χ2n) is 19.3. The minimum Gasteiger partial charge on any atom is -0.455 e. The molecule has 1 aromatic heterocycles. The number of benzene rings is 8. The molecule has 332 valence electrons. The summed E-state index contributed by atoms with van der Waals surface area (Å²) >= 11 is 0. The van der Waals surface area contributed by atoms with E-state index in [1.807, 2.05) is 6.07 Å². The van der Waals surface area contributed by atoms with Crippen molar-refractivity contribution in [3.05, 3.63) is 263 Å². The fourth-order valence-electron chi connectivity index (χ4n) is 11.7. The predicted octanol–water partition coefficient (Wildman–Crippen LogP) is 16.8. The van der Waals surface area contributed by atoms with Crippen molar-refractivity contribution >= 4 is 56.0 Å². The van der Waals surface area contributed by atoms with Crippen molar-refractivity contribution in [3.8, 4) is 22.3 Å². The largest absolute Gasteiger partial charge is 0.455 e. The molecule has 2 unspecified atom stereocenters. The smallest absolute Gasteiger partial charge is 0.143 e.